The number of carboxylic acids is 1. The second-order valence-corrected chi connectivity index (χ2v) is 4.40. The first-order chi connectivity index (χ1) is 7.95. The van der Waals surface area contributed by atoms with Crippen molar-refractivity contribution in [1.82, 2.24) is 4.90 Å². The average molecular weight is 244 g/mol. The second kappa shape index (κ2) is 5.97. The monoisotopic (exact) mass is 244 g/mol. The van der Waals surface area contributed by atoms with E-state index in [2.05, 4.69) is 0 Å². The van der Waals surface area contributed by atoms with E-state index in [0.717, 1.165) is 6.42 Å². The normalized spacial score (nSPS) is 26.6. The van der Waals surface area contributed by atoms with E-state index < -0.39 is 12.0 Å². The number of ether oxygens (including phenoxy) is 1. The molecule has 1 rings (SSSR count). The molecule has 1 aliphatic rings. The first kappa shape index (κ1) is 13.9. The predicted octanol–water partition coefficient (Wildman–Crippen LogP) is -0.186. The number of hydrogen-bond donors (Lipinski definition) is 2. The van der Waals surface area contributed by atoms with Gasteiger partial charge < -0.3 is 20.5 Å². The highest BCUT2D eigenvalue weighted by Gasteiger charge is 2.32. The summed E-state index contributed by atoms with van der Waals surface area (Å²) in [6, 6.07) is -0.967. The van der Waals surface area contributed by atoms with Gasteiger partial charge in [0.1, 0.15) is 0 Å². The third-order valence-corrected chi connectivity index (χ3v) is 2.93. The van der Waals surface area contributed by atoms with Crippen LogP contribution in [0.5, 0.6) is 0 Å². The van der Waals surface area contributed by atoms with Crippen LogP contribution in [0.15, 0.2) is 0 Å². The zero-order valence-corrected chi connectivity index (χ0v) is 10.3. The Kier molecular flexibility index (Phi) is 4.89. The molecule has 3 unspecified atom stereocenters. The van der Waals surface area contributed by atoms with Crippen molar-refractivity contribution in [3.05, 3.63) is 0 Å². The fourth-order valence-corrected chi connectivity index (χ4v) is 1.94. The van der Waals surface area contributed by atoms with Crippen molar-refractivity contribution in [1.29, 1.82) is 0 Å². The van der Waals surface area contributed by atoms with Crippen LogP contribution in [-0.4, -0.2) is 53.2 Å². The number of morpholine rings is 1. The number of hydrogen-bond acceptors (Lipinski definition) is 4. The van der Waals surface area contributed by atoms with Gasteiger partial charge in [-0.3, -0.25) is 9.59 Å². The summed E-state index contributed by atoms with van der Waals surface area (Å²) in [6.45, 7) is 4.82. The van der Waals surface area contributed by atoms with Crippen LogP contribution in [-0.2, 0) is 14.3 Å². The van der Waals surface area contributed by atoms with E-state index in [0.29, 0.717) is 13.2 Å². The molecule has 0 aliphatic carbocycles. The highest BCUT2D eigenvalue weighted by molar-refractivity contribution is 5.86. The van der Waals surface area contributed by atoms with E-state index in [1.165, 1.54) is 0 Å². The van der Waals surface area contributed by atoms with Crippen molar-refractivity contribution in [2.45, 2.75) is 44.9 Å². The molecule has 0 aromatic rings. The van der Waals surface area contributed by atoms with Gasteiger partial charge in [0.15, 0.2) is 0 Å². The van der Waals surface area contributed by atoms with E-state index in [1.54, 1.807) is 4.90 Å². The maximum absolute atomic E-state index is 12.0. The molecule has 3 N–H and O–H groups in total. The number of aliphatic carboxylic acids is 1. The molecule has 1 aliphatic heterocycles. The summed E-state index contributed by atoms with van der Waals surface area (Å²) in [7, 11) is 0. The quantitative estimate of drug-likeness (QED) is 0.715. The summed E-state index contributed by atoms with van der Waals surface area (Å²) in [5, 5.41) is 8.63. The molecule has 0 aromatic heterocycles. The molecular weight excluding hydrogens is 224 g/mol. The Labute approximate surface area is 101 Å². The standard InChI is InChI=1S/C11H20N2O4/c1-3-8-6-17-7(2)5-13(8)11(16)9(12)4-10(14)15/h7-9H,3-6,12H2,1-2H3,(H,14,15). The number of nitrogens with zero attached hydrogens (tertiary/aromatic N) is 1. The number of carboxylic acid groups (broad SMARTS) is 1. The van der Waals surface area contributed by atoms with E-state index in [9.17, 15) is 9.59 Å². The van der Waals surface area contributed by atoms with Gasteiger partial charge in [-0.25, -0.2) is 0 Å². The molecule has 6 nitrogen and oxygen atoms in total. The maximum atomic E-state index is 12.0. The minimum atomic E-state index is -1.06. The van der Waals surface area contributed by atoms with Crippen molar-refractivity contribution < 1.29 is 19.4 Å². The van der Waals surface area contributed by atoms with E-state index in [-0.39, 0.29) is 24.5 Å². The Bertz CT molecular complexity index is 295. The van der Waals surface area contributed by atoms with Crippen LogP contribution in [0.3, 0.4) is 0 Å². The topological polar surface area (TPSA) is 92.9 Å². The minimum absolute atomic E-state index is 0.00135. The summed E-state index contributed by atoms with van der Waals surface area (Å²) < 4.78 is 5.47. The van der Waals surface area contributed by atoms with E-state index in [1.807, 2.05) is 13.8 Å². The Morgan fingerprint density at radius 2 is 2.24 bits per heavy atom. The van der Waals surface area contributed by atoms with Gasteiger partial charge in [0, 0.05) is 6.54 Å². The smallest absolute Gasteiger partial charge is 0.305 e. The third-order valence-electron chi connectivity index (χ3n) is 2.93. The van der Waals surface area contributed by atoms with Gasteiger partial charge in [-0.05, 0) is 13.3 Å². The molecular formula is C11H20N2O4. The van der Waals surface area contributed by atoms with E-state index in [4.69, 9.17) is 15.6 Å². The number of nitrogens with two attached hydrogens (primary N) is 1. The summed E-state index contributed by atoms with van der Waals surface area (Å²) in [4.78, 5) is 24.2. The van der Waals surface area contributed by atoms with Gasteiger partial charge >= 0.3 is 5.97 Å². The molecule has 0 radical (unpaired) electrons. The molecule has 0 saturated carbocycles. The molecule has 1 saturated heterocycles. The van der Waals surface area contributed by atoms with Crippen LogP contribution in [0.25, 0.3) is 0 Å². The van der Waals surface area contributed by atoms with Gasteiger partial charge in [-0.2, -0.15) is 0 Å². The molecule has 98 valence electrons. The van der Waals surface area contributed by atoms with Crippen molar-refractivity contribution in [2.75, 3.05) is 13.2 Å². The number of carbonyl (C=O) groups is 2. The Morgan fingerprint density at radius 3 is 2.76 bits per heavy atom. The van der Waals surface area contributed by atoms with E-state index >= 15 is 0 Å². The van der Waals surface area contributed by atoms with Gasteiger partial charge in [-0.1, -0.05) is 6.92 Å². The van der Waals surface area contributed by atoms with Crippen LogP contribution in [0.2, 0.25) is 0 Å². The minimum Gasteiger partial charge on any atom is -0.481 e. The van der Waals surface area contributed by atoms with Crippen LogP contribution >= 0.6 is 0 Å². The Hall–Kier alpha value is -1.14. The van der Waals surface area contributed by atoms with Crippen molar-refractivity contribution in [2.24, 2.45) is 5.73 Å². The van der Waals surface area contributed by atoms with Crippen molar-refractivity contribution >= 4 is 11.9 Å². The zero-order valence-electron chi connectivity index (χ0n) is 10.3. The van der Waals surface area contributed by atoms with Crippen LogP contribution < -0.4 is 5.73 Å². The molecule has 6 heteroatoms. The first-order valence-electron chi connectivity index (χ1n) is 5.85. The lowest BCUT2D eigenvalue weighted by Crippen LogP contribution is -2.56. The van der Waals surface area contributed by atoms with Gasteiger partial charge in [0.05, 0.1) is 31.2 Å². The molecule has 0 aromatic carbocycles. The maximum Gasteiger partial charge on any atom is 0.305 e. The molecule has 0 spiro atoms. The molecule has 17 heavy (non-hydrogen) atoms. The molecule has 1 fully saturated rings. The second-order valence-electron chi connectivity index (χ2n) is 4.40. The molecule has 0 bridgehead atoms. The van der Waals surface area contributed by atoms with Crippen LogP contribution in [0.4, 0.5) is 0 Å². The highest BCUT2D eigenvalue weighted by Crippen LogP contribution is 2.15. The zero-order chi connectivity index (χ0) is 13.0. The van der Waals surface area contributed by atoms with Crippen molar-refractivity contribution in [3.63, 3.8) is 0 Å². The van der Waals surface area contributed by atoms with Crippen LogP contribution in [0, 0.1) is 0 Å². The van der Waals surface area contributed by atoms with Crippen LogP contribution in [0.1, 0.15) is 26.7 Å². The first-order valence-corrected chi connectivity index (χ1v) is 5.85. The number of amides is 1. The lowest BCUT2D eigenvalue weighted by molar-refractivity contribution is -0.149. The third kappa shape index (κ3) is 3.67. The van der Waals surface area contributed by atoms with Gasteiger partial charge in [0.25, 0.3) is 0 Å². The fraction of sp³-hybridized carbons (Fsp3) is 0.818. The summed E-state index contributed by atoms with van der Waals surface area (Å²) in [5.74, 6) is -1.35. The number of carbonyl (C=O) groups excluding carboxylic acids is 1. The highest BCUT2D eigenvalue weighted by atomic mass is 16.5. The molecule has 1 amide bonds. The van der Waals surface area contributed by atoms with Gasteiger partial charge in [-0.15, -0.1) is 0 Å². The average Bonchev–Trinajstić information content (AvgIpc) is 2.27. The number of rotatable bonds is 4. The lowest BCUT2D eigenvalue weighted by Gasteiger charge is -2.39. The van der Waals surface area contributed by atoms with Gasteiger partial charge in [0.2, 0.25) is 5.91 Å². The summed E-state index contributed by atoms with van der Waals surface area (Å²) >= 11 is 0. The van der Waals surface area contributed by atoms with Crippen molar-refractivity contribution in [3.8, 4) is 0 Å². The summed E-state index contributed by atoms with van der Waals surface area (Å²) in [6.07, 6.45) is 0.415. The predicted molar refractivity (Wildman–Crippen MR) is 61.4 cm³/mol. The fourth-order valence-electron chi connectivity index (χ4n) is 1.94. The lowest BCUT2D eigenvalue weighted by atomic mass is 10.1. The SMILES string of the molecule is CCC1COC(C)CN1C(=O)C(N)CC(=O)O. The summed E-state index contributed by atoms with van der Waals surface area (Å²) in [5.41, 5.74) is 5.60. The largest absolute Gasteiger partial charge is 0.481 e. The Morgan fingerprint density at radius 1 is 1.59 bits per heavy atom. The Balaban J connectivity index is 2.66. The molecule has 3 atom stereocenters. The molecule has 1 heterocycles.